The summed E-state index contributed by atoms with van der Waals surface area (Å²) in [5, 5.41) is 14.8. The molecule has 0 aromatic heterocycles. The summed E-state index contributed by atoms with van der Waals surface area (Å²) in [5.74, 6) is -2.78. The van der Waals surface area contributed by atoms with Crippen LogP contribution in [0.4, 0.5) is 30.2 Å². The number of rotatable bonds is 10. The van der Waals surface area contributed by atoms with E-state index in [0.29, 0.717) is 12.0 Å². The van der Waals surface area contributed by atoms with Crippen LogP contribution in [0, 0.1) is 24.4 Å². The predicted molar refractivity (Wildman–Crippen MR) is 113 cm³/mol. The highest BCUT2D eigenvalue weighted by molar-refractivity contribution is 7.53. The Balaban J connectivity index is 1.89. The van der Waals surface area contributed by atoms with Gasteiger partial charge in [-0.3, -0.25) is 0 Å². The van der Waals surface area contributed by atoms with Gasteiger partial charge in [-0.05, 0) is 57.0 Å². The summed E-state index contributed by atoms with van der Waals surface area (Å²) in [6, 6.07) is 5.37. The molecule has 1 fully saturated rings. The van der Waals surface area contributed by atoms with Gasteiger partial charge in [-0.2, -0.15) is 0 Å². The number of hydrogen-bond acceptors (Lipinski definition) is 5. The molecule has 5 nitrogen and oxygen atoms in total. The van der Waals surface area contributed by atoms with Gasteiger partial charge in [0.1, 0.15) is 31.2 Å². The number of hydrogen-bond donors (Lipinski definition) is 3. The van der Waals surface area contributed by atoms with Crippen LogP contribution in [0.15, 0.2) is 24.3 Å². The molecular formula is C21H26F3N2O3P. The lowest BCUT2D eigenvalue weighted by atomic mass is 10.2. The molecule has 30 heavy (non-hydrogen) atoms. The summed E-state index contributed by atoms with van der Waals surface area (Å²) >= 11 is 0. The molecular weight excluding hydrogens is 416 g/mol. The molecule has 0 radical (unpaired) electrons. The first-order valence-corrected chi connectivity index (χ1v) is 11.4. The van der Waals surface area contributed by atoms with Gasteiger partial charge in [0.2, 0.25) is 0 Å². The van der Waals surface area contributed by atoms with E-state index in [9.17, 15) is 13.2 Å². The fourth-order valence-corrected chi connectivity index (χ4v) is 4.68. The average molecular weight is 442 g/mol. The Morgan fingerprint density at radius 1 is 1.13 bits per heavy atom. The smallest absolute Gasteiger partial charge is 0.184 e. The maximum absolute atomic E-state index is 14.7. The second kappa shape index (κ2) is 9.41. The Labute approximate surface area is 175 Å². The van der Waals surface area contributed by atoms with Crippen molar-refractivity contribution in [3.8, 4) is 5.75 Å². The SMILES string of the molecule is COc1cc(F)c(F)c(Nc2ccc(C)cc2F)c1NP(C)OC1(CCCO)CC1. The van der Waals surface area contributed by atoms with E-state index in [1.165, 1.54) is 19.2 Å². The van der Waals surface area contributed by atoms with Crippen molar-refractivity contribution < 1.29 is 27.5 Å². The first-order chi connectivity index (χ1) is 14.3. The number of ether oxygens (including phenoxy) is 1. The van der Waals surface area contributed by atoms with Crippen LogP contribution in [0.3, 0.4) is 0 Å². The third-order valence-electron chi connectivity index (χ3n) is 4.99. The van der Waals surface area contributed by atoms with Gasteiger partial charge >= 0.3 is 0 Å². The number of aliphatic hydroxyl groups is 1. The van der Waals surface area contributed by atoms with Crippen LogP contribution in [0.1, 0.15) is 31.2 Å². The molecule has 1 atom stereocenters. The van der Waals surface area contributed by atoms with Gasteiger partial charge in [0.25, 0.3) is 0 Å². The van der Waals surface area contributed by atoms with E-state index in [2.05, 4.69) is 10.4 Å². The molecule has 0 saturated heterocycles. The molecule has 0 heterocycles. The van der Waals surface area contributed by atoms with Crippen molar-refractivity contribution >= 4 is 25.4 Å². The first-order valence-electron chi connectivity index (χ1n) is 9.68. The summed E-state index contributed by atoms with van der Waals surface area (Å²) < 4.78 is 54.6. The molecule has 164 valence electrons. The van der Waals surface area contributed by atoms with E-state index in [-0.39, 0.29) is 35.0 Å². The minimum atomic E-state index is -1.28. The number of aliphatic hydroxyl groups excluding tert-OH is 1. The Kier molecular flexibility index (Phi) is 7.11. The molecule has 0 amide bonds. The average Bonchev–Trinajstić information content (AvgIpc) is 3.46. The Bertz CT molecular complexity index is 910. The Hall–Kier alpha value is -2.02. The molecule has 2 aromatic carbocycles. The van der Waals surface area contributed by atoms with E-state index >= 15 is 0 Å². The quantitative estimate of drug-likeness (QED) is 0.404. The van der Waals surface area contributed by atoms with Gasteiger partial charge in [0.15, 0.2) is 11.6 Å². The van der Waals surface area contributed by atoms with Crippen molar-refractivity contribution in [2.45, 2.75) is 38.2 Å². The van der Waals surface area contributed by atoms with Gasteiger partial charge in [-0.15, -0.1) is 0 Å². The minimum absolute atomic E-state index is 0.0122. The number of nitrogens with one attached hydrogen (secondary N) is 2. The fourth-order valence-electron chi connectivity index (χ4n) is 3.25. The highest BCUT2D eigenvalue weighted by Crippen LogP contribution is 2.54. The van der Waals surface area contributed by atoms with Crippen LogP contribution in [-0.4, -0.2) is 31.1 Å². The lowest BCUT2D eigenvalue weighted by Crippen LogP contribution is -2.14. The molecule has 1 aliphatic carbocycles. The second-order valence-corrected chi connectivity index (χ2v) is 8.84. The number of aryl methyl sites for hydroxylation is 1. The zero-order valence-electron chi connectivity index (χ0n) is 17.2. The van der Waals surface area contributed by atoms with Gasteiger partial charge < -0.3 is 24.8 Å². The summed E-state index contributed by atoms with van der Waals surface area (Å²) in [6.45, 7) is 3.64. The van der Waals surface area contributed by atoms with Gasteiger partial charge in [-0.25, -0.2) is 13.2 Å². The molecule has 3 N–H and O–H groups in total. The summed E-state index contributed by atoms with van der Waals surface area (Å²) in [4.78, 5) is 0. The Morgan fingerprint density at radius 2 is 1.87 bits per heavy atom. The zero-order chi connectivity index (χ0) is 21.9. The number of benzene rings is 2. The lowest BCUT2D eigenvalue weighted by molar-refractivity contribution is 0.171. The standard InChI is InChI=1S/C21H26F3N2O3P/c1-13-5-6-16(14(22)11-13)25-20-18(24)15(23)12-17(28-2)19(20)26-30(3)29-21(8-9-21)7-4-10-27/h5-6,11-12,25-27H,4,7-10H2,1-3H3. The first kappa shape index (κ1) is 22.7. The summed E-state index contributed by atoms with van der Waals surface area (Å²) in [7, 11) is 0.0628. The van der Waals surface area contributed by atoms with Crippen molar-refractivity contribution in [2.75, 3.05) is 30.8 Å². The molecule has 0 aliphatic heterocycles. The third-order valence-corrected chi connectivity index (χ3v) is 6.19. The highest BCUT2D eigenvalue weighted by Gasteiger charge is 2.45. The van der Waals surface area contributed by atoms with E-state index in [0.717, 1.165) is 25.3 Å². The van der Waals surface area contributed by atoms with Gasteiger partial charge in [0.05, 0.1) is 18.4 Å². The number of anilines is 3. The van der Waals surface area contributed by atoms with Crippen LogP contribution in [0.25, 0.3) is 0 Å². The van der Waals surface area contributed by atoms with Crippen molar-refractivity contribution in [2.24, 2.45) is 0 Å². The van der Waals surface area contributed by atoms with Crippen molar-refractivity contribution in [1.82, 2.24) is 0 Å². The topological polar surface area (TPSA) is 62.8 Å². The third kappa shape index (κ3) is 5.17. The Morgan fingerprint density at radius 3 is 2.47 bits per heavy atom. The van der Waals surface area contributed by atoms with Crippen LogP contribution in [0.5, 0.6) is 5.75 Å². The molecule has 1 aliphatic rings. The molecule has 2 aromatic rings. The normalized spacial score (nSPS) is 15.6. The van der Waals surface area contributed by atoms with E-state index in [1.807, 2.05) is 6.66 Å². The number of halogens is 3. The molecule has 0 spiro atoms. The van der Waals surface area contributed by atoms with Crippen LogP contribution in [0.2, 0.25) is 0 Å². The maximum atomic E-state index is 14.7. The monoisotopic (exact) mass is 442 g/mol. The largest absolute Gasteiger partial charge is 0.494 e. The molecule has 0 bridgehead atoms. The number of methoxy groups -OCH3 is 1. The van der Waals surface area contributed by atoms with E-state index < -0.39 is 25.8 Å². The van der Waals surface area contributed by atoms with Gasteiger partial charge in [-0.1, -0.05) is 6.07 Å². The van der Waals surface area contributed by atoms with Gasteiger partial charge in [0, 0.05) is 12.7 Å². The molecule has 1 saturated carbocycles. The minimum Gasteiger partial charge on any atom is -0.494 e. The predicted octanol–water partition coefficient (Wildman–Crippen LogP) is 5.84. The highest BCUT2D eigenvalue weighted by atomic mass is 31.2. The summed E-state index contributed by atoms with van der Waals surface area (Å²) in [5.41, 5.74) is 0.323. The van der Waals surface area contributed by atoms with E-state index in [4.69, 9.17) is 14.4 Å². The maximum Gasteiger partial charge on any atom is 0.184 e. The molecule has 1 unspecified atom stereocenters. The van der Waals surface area contributed by atoms with Crippen LogP contribution < -0.4 is 15.1 Å². The van der Waals surface area contributed by atoms with Crippen LogP contribution in [-0.2, 0) is 4.52 Å². The van der Waals surface area contributed by atoms with E-state index in [1.54, 1.807) is 13.0 Å². The fraction of sp³-hybridized carbons (Fsp3) is 0.429. The summed E-state index contributed by atoms with van der Waals surface area (Å²) in [6.07, 6.45) is 3.13. The van der Waals surface area contributed by atoms with Crippen molar-refractivity contribution in [3.05, 3.63) is 47.3 Å². The second-order valence-electron chi connectivity index (χ2n) is 7.44. The molecule has 3 rings (SSSR count). The zero-order valence-corrected chi connectivity index (χ0v) is 18.1. The van der Waals surface area contributed by atoms with Crippen LogP contribution >= 0.6 is 8.30 Å². The molecule has 9 heteroatoms. The van der Waals surface area contributed by atoms with Crippen molar-refractivity contribution in [3.63, 3.8) is 0 Å². The lowest BCUT2D eigenvalue weighted by Gasteiger charge is -2.25. The van der Waals surface area contributed by atoms with Crippen molar-refractivity contribution in [1.29, 1.82) is 0 Å².